The highest BCUT2D eigenvalue weighted by Gasteiger charge is 2.28. The zero-order chi connectivity index (χ0) is 21.9. The van der Waals surface area contributed by atoms with E-state index >= 15 is 0 Å². The summed E-state index contributed by atoms with van der Waals surface area (Å²) >= 11 is 12.1. The van der Waals surface area contributed by atoms with E-state index in [0.717, 1.165) is 5.82 Å². The SMILES string of the molecule is CN(CC(=O)Nc1ccc(Cl)c(S(=O)(=O)N2CCOCC2)c1)Cc1ncc(Cl)n1C. The molecule has 1 fully saturated rings. The summed E-state index contributed by atoms with van der Waals surface area (Å²) < 4.78 is 34.1. The van der Waals surface area contributed by atoms with Crippen LogP contribution in [0, 0.1) is 0 Å². The van der Waals surface area contributed by atoms with Crippen LogP contribution in [0.25, 0.3) is 0 Å². The molecule has 1 saturated heterocycles. The number of halogens is 2. The van der Waals surface area contributed by atoms with Crippen LogP contribution >= 0.6 is 23.2 Å². The number of carbonyl (C=O) groups is 1. The summed E-state index contributed by atoms with van der Waals surface area (Å²) in [6.45, 7) is 1.70. The maximum atomic E-state index is 12.9. The fourth-order valence-electron chi connectivity index (χ4n) is 3.02. The molecule has 0 unspecified atom stereocenters. The molecule has 1 amide bonds. The molecule has 2 aromatic rings. The molecule has 164 valence electrons. The lowest BCUT2D eigenvalue weighted by Gasteiger charge is -2.26. The lowest BCUT2D eigenvalue weighted by Crippen LogP contribution is -2.40. The Balaban J connectivity index is 1.67. The van der Waals surface area contributed by atoms with E-state index in [2.05, 4.69) is 10.3 Å². The van der Waals surface area contributed by atoms with Crippen LogP contribution in [0.1, 0.15) is 5.82 Å². The van der Waals surface area contributed by atoms with E-state index in [9.17, 15) is 13.2 Å². The lowest BCUT2D eigenvalue weighted by molar-refractivity contribution is -0.117. The molecule has 9 nitrogen and oxygen atoms in total. The number of aromatic nitrogens is 2. The van der Waals surface area contributed by atoms with Crippen LogP contribution in [0.2, 0.25) is 10.2 Å². The third-order valence-electron chi connectivity index (χ3n) is 4.66. The number of anilines is 1. The van der Waals surface area contributed by atoms with E-state index in [-0.39, 0.29) is 35.5 Å². The molecular formula is C18H23Cl2N5O4S. The van der Waals surface area contributed by atoms with Gasteiger partial charge in [-0.05, 0) is 25.2 Å². The second-order valence-corrected chi connectivity index (χ2v) is 9.64. The molecule has 1 aromatic carbocycles. The smallest absolute Gasteiger partial charge is 0.244 e. The predicted octanol–water partition coefficient (Wildman–Crippen LogP) is 1.82. The molecule has 0 aliphatic carbocycles. The number of sulfonamides is 1. The number of ether oxygens (including phenoxy) is 1. The first-order valence-corrected chi connectivity index (χ1v) is 11.4. The second kappa shape index (κ2) is 9.63. The van der Waals surface area contributed by atoms with Gasteiger partial charge in [-0.3, -0.25) is 9.69 Å². The zero-order valence-electron chi connectivity index (χ0n) is 16.6. The van der Waals surface area contributed by atoms with Crippen LogP contribution < -0.4 is 5.32 Å². The van der Waals surface area contributed by atoms with Crippen molar-refractivity contribution in [2.75, 3.05) is 45.2 Å². The third kappa shape index (κ3) is 5.32. The van der Waals surface area contributed by atoms with Gasteiger partial charge >= 0.3 is 0 Å². The highest BCUT2D eigenvalue weighted by Crippen LogP contribution is 2.28. The standard InChI is InChI=1S/C18H23Cl2N5O4S/c1-23(11-17-21-10-16(20)24(17)2)12-18(26)22-13-3-4-14(19)15(9-13)30(27,28)25-5-7-29-8-6-25/h3-4,9-10H,5-8,11-12H2,1-2H3,(H,22,26). The van der Waals surface area contributed by atoms with Gasteiger partial charge < -0.3 is 14.6 Å². The fourth-order valence-corrected chi connectivity index (χ4v) is 5.07. The van der Waals surface area contributed by atoms with Crippen molar-refractivity contribution >= 4 is 44.8 Å². The monoisotopic (exact) mass is 475 g/mol. The van der Waals surface area contributed by atoms with Crippen LogP contribution in [0.3, 0.4) is 0 Å². The summed E-state index contributed by atoms with van der Waals surface area (Å²) in [5.74, 6) is 0.426. The summed E-state index contributed by atoms with van der Waals surface area (Å²) in [5, 5.41) is 3.33. The minimum absolute atomic E-state index is 0.0418. The van der Waals surface area contributed by atoms with Gasteiger partial charge in [0.15, 0.2) is 0 Å². The quantitative estimate of drug-likeness (QED) is 0.655. The van der Waals surface area contributed by atoms with E-state index in [1.807, 2.05) is 0 Å². The van der Waals surface area contributed by atoms with Crippen molar-refractivity contribution in [1.29, 1.82) is 0 Å². The topological polar surface area (TPSA) is 96.8 Å². The van der Waals surface area contributed by atoms with Crippen LogP contribution in [-0.2, 0) is 33.1 Å². The number of likely N-dealkylation sites (N-methyl/N-ethyl adjacent to an activating group) is 1. The summed E-state index contributed by atoms with van der Waals surface area (Å²) in [5.41, 5.74) is 0.352. The molecule has 12 heteroatoms. The van der Waals surface area contributed by atoms with Crippen molar-refractivity contribution in [2.45, 2.75) is 11.4 Å². The molecular weight excluding hydrogens is 453 g/mol. The molecule has 0 radical (unpaired) electrons. The molecule has 2 heterocycles. The number of nitrogens with one attached hydrogen (secondary N) is 1. The molecule has 0 saturated carbocycles. The second-order valence-electron chi connectivity index (χ2n) is 6.94. The molecule has 1 aromatic heterocycles. The van der Waals surface area contributed by atoms with Crippen molar-refractivity contribution in [1.82, 2.24) is 18.8 Å². The summed E-state index contributed by atoms with van der Waals surface area (Å²) in [7, 11) is -0.211. The average molecular weight is 476 g/mol. The molecule has 30 heavy (non-hydrogen) atoms. The number of rotatable bonds is 7. The van der Waals surface area contributed by atoms with Crippen LogP contribution in [0.15, 0.2) is 29.3 Å². The Morgan fingerprint density at radius 1 is 1.30 bits per heavy atom. The molecule has 0 spiro atoms. The third-order valence-corrected chi connectivity index (χ3v) is 7.39. The van der Waals surface area contributed by atoms with E-state index in [1.54, 1.807) is 35.8 Å². The summed E-state index contributed by atoms with van der Waals surface area (Å²) in [6, 6.07) is 4.41. The number of amides is 1. The number of imidazole rings is 1. The maximum Gasteiger partial charge on any atom is 0.244 e. The molecule has 1 aliphatic heterocycles. The Labute approximate surface area is 185 Å². The highest BCUT2D eigenvalue weighted by atomic mass is 35.5. The van der Waals surface area contributed by atoms with Gasteiger partial charge in [0.25, 0.3) is 0 Å². The van der Waals surface area contributed by atoms with Crippen molar-refractivity contribution in [3.63, 3.8) is 0 Å². The van der Waals surface area contributed by atoms with Crippen LogP contribution in [-0.4, -0.2) is 73.0 Å². The molecule has 3 rings (SSSR count). The Morgan fingerprint density at radius 3 is 2.63 bits per heavy atom. The number of carbonyl (C=O) groups excluding carboxylic acids is 1. The highest BCUT2D eigenvalue weighted by molar-refractivity contribution is 7.89. The number of hydrogen-bond acceptors (Lipinski definition) is 6. The predicted molar refractivity (Wildman–Crippen MR) is 114 cm³/mol. The number of nitrogens with zero attached hydrogens (tertiary/aromatic N) is 4. The zero-order valence-corrected chi connectivity index (χ0v) is 19.0. The number of hydrogen-bond donors (Lipinski definition) is 1. The first-order chi connectivity index (χ1) is 14.2. The summed E-state index contributed by atoms with van der Waals surface area (Å²) in [6.07, 6.45) is 1.55. The average Bonchev–Trinajstić information content (AvgIpc) is 3.02. The van der Waals surface area contributed by atoms with Gasteiger partial charge in [0.2, 0.25) is 15.9 Å². The Morgan fingerprint density at radius 2 is 2.00 bits per heavy atom. The Hall–Kier alpha value is -1.69. The summed E-state index contributed by atoms with van der Waals surface area (Å²) in [4.78, 5) is 18.4. The number of benzene rings is 1. The van der Waals surface area contributed by atoms with Crippen molar-refractivity contribution in [3.8, 4) is 0 Å². The molecule has 1 aliphatic rings. The van der Waals surface area contributed by atoms with Crippen LogP contribution in [0.5, 0.6) is 0 Å². The van der Waals surface area contributed by atoms with Gasteiger partial charge in [0.05, 0.1) is 37.5 Å². The lowest BCUT2D eigenvalue weighted by atomic mass is 10.3. The van der Waals surface area contributed by atoms with Crippen LogP contribution in [0.4, 0.5) is 5.69 Å². The Kier molecular flexibility index (Phi) is 7.38. The van der Waals surface area contributed by atoms with E-state index < -0.39 is 10.0 Å². The maximum absolute atomic E-state index is 12.9. The van der Waals surface area contributed by atoms with Gasteiger partial charge in [-0.15, -0.1) is 0 Å². The van der Waals surface area contributed by atoms with Gasteiger partial charge in [-0.1, -0.05) is 23.2 Å². The van der Waals surface area contributed by atoms with Gasteiger partial charge in [0.1, 0.15) is 15.9 Å². The van der Waals surface area contributed by atoms with E-state index in [0.29, 0.717) is 30.6 Å². The van der Waals surface area contributed by atoms with Gasteiger partial charge in [-0.25, -0.2) is 13.4 Å². The van der Waals surface area contributed by atoms with Crippen molar-refractivity contribution < 1.29 is 17.9 Å². The van der Waals surface area contributed by atoms with E-state index in [4.69, 9.17) is 27.9 Å². The molecule has 1 N–H and O–H groups in total. The Bertz CT molecular complexity index is 1020. The number of morpholine rings is 1. The largest absolute Gasteiger partial charge is 0.379 e. The first-order valence-electron chi connectivity index (χ1n) is 9.20. The van der Waals surface area contributed by atoms with Gasteiger partial charge in [-0.2, -0.15) is 4.31 Å². The van der Waals surface area contributed by atoms with Crippen molar-refractivity contribution in [3.05, 3.63) is 40.4 Å². The molecule has 0 bridgehead atoms. The minimum atomic E-state index is -3.78. The first kappa shape index (κ1) is 23.0. The molecule has 0 atom stereocenters. The normalized spacial score (nSPS) is 15.5. The van der Waals surface area contributed by atoms with E-state index in [1.165, 1.54) is 16.4 Å². The fraction of sp³-hybridized carbons (Fsp3) is 0.444. The van der Waals surface area contributed by atoms with Gasteiger partial charge in [0, 0.05) is 25.8 Å². The minimum Gasteiger partial charge on any atom is -0.379 e. The van der Waals surface area contributed by atoms with Crippen molar-refractivity contribution in [2.24, 2.45) is 7.05 Å².